The summed E-state index contributed by atoms with van der Waals surface area (Å²) in [6.45, 7) is 2.43. The summed E-state index contributed by atoms with van der Waals surface area (Å²) in [4.78, 5) is 11.8. The molecule has 0 saturated heterocycles. The van der Waals surface area contributed by atoms with Gasteiger partial charge in [-0.1, -0.05) is 6.07 Å². The fraction of sp³-hybridized carbons (Fsp3) is 0.214. The van der Waals surface area contributed by atoms with E-state index in [1.165, 1.54) is 12.1 Å². The zero-order valence-electron chi connectivity index (χ0n) is 10.4. The molecule has 0 fully saturated rings. The Kier molecular flexibility index (Phi) is 4.93. The molecule has 1 amide bonds. The van der Waals surface area contributed by atoms with Gasteiger partial charge in [0.1, 0.15) is 5.82 Å². The summed E-state index contributed by atoms with van der Waals surface area (Å²) in [6, 6.07) is 6.60. The van der Waals surface area contributed by atoms with Gasteiger partial charge in [0.05, 0.1) is 8.45 Å². The highest BCUT2D eigenvalue weighted by Gasteiger charge is 2.07. The van der Waals surface area contributed by atoms with Crippen LogP contribution in [0.25, 0.3) is 0 Å². The molecule has 1 aromatic heterocycles. The zero-order valence-corrected chi connectivity index (χ0v) is 13.3. The average Bonchev–Trinajstić information content (AvgIpc) is 2.78. The van der Waals surface area contributed by atoms with Crippen molar-refractivity contribution in [1.29, 1.82) is 0 Å². The second-order valence-electron chi connectivity index (χ2n) is 4.22. The molecule has 2 rings (SSSR count). The summed E-state index contributed by atoms with van der Waals surface area (Å²) in [5.74, 6) is -0.280. The molecule has 0 spiro atoms. The van der Waals surface area contributed by atoms with E-state index in [-0.39, 0.29) is 11.7 Å². The first-order valence-electron chi connectivity index (χ1n) is 5.83. The zero-order chi connectivity index (χ0) is 13.8. The minimum Gasteiger partial charge on any atom is -0.352 e. The van der Waals surface area contributed by atoms with E-state index < -0.39 is 0 Å². The summed E-state index contributed by atoms with van der Waals surface area (Å²) in [5, 5.41) is 4.72. The van der Waals surface area contributed by atoms with Gasteiger partial charge in [-0.05, 0) is 65.3 Å². The third-order valence-electron chi connectivity index (χ3n) is 2.81. The fourth-order valence-corrected chi connectivity index (χ4v) is 3.11. The quantitative estimate of drug-likeness (QED) is 0.793. The van der Waals surface area contributed by atoms with Crippen LogP contribution < -0.4 is 5.32 Å². The van der Waals surface area contributed by atoms with E-state index in [4.69, 9.17) is 0 Å². The maximum Gasteiger partial charge on any atom is 0.252 e. The number of hydrogen-bond donors (Lipinski definition) is 1. The van der Waals surface area contributed by atoms with Crippen LogP contribution in [0.4, 0.5) is 4.39 Å². The Morgan fingerprint density at radius 3 is 2.84 bits per heavy atom. The normalized spacial score (nSPS) is 10.5. The molecule has 1 heterocycles. The Bertz CT molecular complexity index is 597. The molecular weight excluding hydrogens is 376 g/mol. The third-order valence-corrected chi connectivity index (χ3v) is 4.60. The standard InChI is InChI=1S/C14H13FINOS/c1-9-6-12(15)3-2-10(9)4-5-17-14(18)11-7-13(16)19-8-11/h2-3,6-8H,4-5H2,1H3,(H,17,18). The molecule has 0 radical (unpaired) electrons. The smallest absolute Gasteiger partial charge is 0.252 e. The topological polar surface area (TPSA) is 29.1 Å². The molecule has 1 aromatic carbocycles. The van der Waals surface area contributed by atoms with E-state index in [2.05, 4.69) is 27.9 Å². The van der Waals surface area contributed by atoms with Crippen LogP contribution in [0.15, 0.2) is 29.6 Å². The summed E-state index contributed by atoms with van der Waals surface area (Å²) in [6.07, 6.45) is 0.707. The van der Waals surface area contributed by atoms with Gasteiger partial charge in [-0.25, -0.2) is 4.39 Å². The second-order valence-corrected chi connectivity index (χ2v) is 7.02. The van der Waals surface area contributed by atoms with Gasteiger partial charge in [-0.15, -0.1) is 11.3 Å². The minimum atomic E-state index is -0.224. The van der Waals surface area contributed by atoms with Crippen LogP contribution in [-0.4, -0.2) is 12.5 Å². The van der Waals surface area contributed by atoms with Gasteiger partial charge < -0.3 is 5.32 Å². The molecule has 0 atom stereocenters. The van der Waals surface area contributed by atoms with Gasteiger partial charge in [0.2, 0.25) is 0 Å². The highest BCUT2D eigenvalue weighted by molar-refractivity contribution is 14.1. The van der Waals surface area contributed by atoms with E-state index in [9.17, 15) is 9.18 Å². The minimum absolute atomic E-state index is 0.0565. The Morgan fingerprint density at radius 1 is 1.42 bits per heavy atom. The molecule has 2 nitrogen and oxygen atoms in total. The largest absolute Gasteiger partial charge is 0.352 e. The maximum atomic E-state index is 13.0. The van der Waals surface area contributed by atoms with E-state index in [1.54, 1.807) is 17.4 Å². The summed E-state index contributed by atoms with van der Waals surface area (Å²) < 4.78 is 14.0. The first kappa shape index (κ1) is 14.5. The Balaban J connectivity index is 1.88. The Morgan fingerprint density at radius 2 is 2.21 bits per heavy atom. The predicted molar refractivity (Wildman–Crippen MR) is 84.2 cm³/mol. The molecular formula is C14H13FINOS. The first-order chi connectivity index (χ1) is 9.06. The SMILES string of the molecule is Cc1cc(F)ccc1CCNC(=O)c1csc(I)c1. The first-order valence-corrected chi connectivity index (χ1v) is 7.79. The van der Waals surface area contributed by atoms with Gasteiger partial charge in [0.25, 0.3) is 5.91 Å². The lowest BCUT2D eigenvalue weighted by Crippen LogP contribution is -2.25. The molecule has 5 heteroatoms. The molecule has 2 aromatic rings. The van der Waals surface area contributed by atoms with Crippen molar-refractivity contribution in [2.24, 2.45) is 0 Å². The van der Waals surface area contributed by atoms with E-state index in [0.717, 1.165) is 14.0 Å². The monoisotopic (exact) mass is 389 g/mol. The number of benzene rings is 1. The number of carbonyl (C=O) groups excluding carboxylic acids is 1. The van der Waals surface area contributed by atoms with Crippen LogP contribution in [0, 0.1) is 15.6 Å². The molecule has 0 bridgehead atoms. The number of halogens is 2. The number of amides is 1. The maximum absolute atomic E-state index is 13.0. The van der Waals surface area contributed by atoms with Crippen molar-refractivity contribution >= 4 is 39.8 Å². The average molecular weight is 389 g/mol. The van der Waals surface area contributed by atoms with Crippen LogP contribution >= 0.6 is 33.9 Å². The molecule has 0 aliphatic heterocycles. The highest BCUT2D eigenvalue weighted by atomic mass is 127. The van der Waals surface area contributed by atoms with Crippen molar-refractivity contribution in [1.82, 2.24) is 5.32 Å². The summed E-state index contributed by atoms with van der Waals surface area (Å²) >= 11 is 3.74. The van der Waals surface area contributed by atoms with Crippen LogP contribution in [-0.2, 0) is 6.42 Å². The summed E-state index contributed by atoms with van der Waals surface area (Å²) in [5.41, 5.74) is 2.67. The molecule has 0 unspecified atom stereocenters. The molecule has 100 valence electrons. The van der Waals surface area contributed by atoms with Crippen molar-refractivity contribution in [2.75, 3.05) is 6.54 Å². The number of aryl methyl sites for hydroxylation is 1. The molecule has 1 N–H and O–H groups in total. The van der Waals surface area contributed by atoms with Gasteiger partial charge in [-0.2, -0.15) is 0 Å². The number of hydrogen-bond acceptors (Lipinski definition) is 2. The van der Waals surface area contributed by atoms with Crippen LogP contribution in [0.5, 0.6) is 0 Å². The van der Waals surface area contributed by atoms with E-state index >= 15 is 0 Å². The van der Waals surface area contributed by atoms with E-state index in [0.29, 0.717) is 18.5 Å². The van der Waals surface area contributed by atoms with Crippen molar-refractivity contribution in [3.8, 4) is 0 Å². The van der Waals surface area contributed by atoms with Crippen molar-refractivity contribution in [2.45, 2.75) is 13.3 Å². The van der Waals surface area contributed by atoms with E-state index in [1.807, 2.05) is 18.4 Å². The lowest BCUT2D eigenvalue weighted by atomic mass is 10.1. The molecule has 19 heavy (non-hydrogen) atoms. The number of carbonyl (C=O) groups is 1. The Labute approximate surface area is 129 Å². The lowest BCUT2D eigenvalue weighted by Gasteiger charge is -2.07. The second kappa shape index (κ2) is 6.47. The van der Waals surface area contributed by atoms with Crippen LogP contribution in [0.2, 0.25) is 0 Å². The highest BCUT2D eigenvalue weighted by Crippen LogP contribution is 2.16. The fourth-order valence-electron chi connectivity index (χ4n) is 1.78. The van der Waals surface area contributed by atoms with Crippen molar-refractivity contribution < 1.29 is 9.18 Å². The number of nitrogens with one attached hydrogen (secondary N) is 1. The molecule has 0 aliphatic carbocycles. The van der Waals surface area contributed by atoms with Crippen LogP contribution in [0.1, 0.15) is 21.5 Å². The van der Waals surface area contributed by atoms with Crippen LogP contribution in [0.3, 0.4) is 0 Å². The Hall–Kier alpha value is -0.950. The third kappa shape index (κ3) is 4.01. The summed E-state index contributed by atoms with van der Waals surface area (Å²) in [7, 11) is 0. The number of rotatable bonds is 4. The lowest BCUT2D eigenvalue weighted by molar-refractivity contribution is 0.0954. The van der Waals surface area contributed by atoms with Gasteiger partial charge in [-0.3, -0.25) is 4.79 Å². The van der Waals surface area contributed by atoms with Gasteiger partial charge in [0.15, 0.2) is 0 Å². The van der Waals surface area contributed by atoms with Gasteiger partial charge in [0, 0.05) is 11.9 Å². The predicted octanol–water partition coefficient (Wildman–Crippen LogP) is 3.77. The van der Waals surface area contributed by atoms with Crippen molar-refractivity contribution in [3.63, 3.8) is 0 Å². The number of thiophene rings is 1. The van der Waals surface area contributed by atoms with Gasteiger partial charge >= 0.3 is 0 Å². The molecule has 0 saturated carbocycles. The molecule has 0 aliphatic rings. The van der Waals surface area contributed by atoms with Crippen molar-refractivity contribution in [3.05, 3.63) is 55.0 Å².